The standard InChI is InChI=1S/C19H17Cl2N3O4S/c1-3-16(17(25)22-15-10-11(20)4-9-14(15)21)29-18-19(26)28-23-24(18)12-5-7-13(27-2)8-6-12/h4-10,16H,3H2,1-2H3,(H-,22,23,25,26). The summed E-state index contributed by atoms with van der Waals surface area (Å²) in [5.41, 5.74) is 1.01. The van der Waals surface area contributed by atoms with Crippen molar-refractivity contribution < 1.29 is 23.8 Å². The fourth-order valence-corrected chi connectivity index (χ4v) is 3.80. The number of nitrogens with one attached hydrogen (secondary N) is 1. The molecule has 0 saturated carbocycles. The zero-order valence-corrected chi connectivity index (χ0v) is 17.8. The number of halogens is 2. The van der Waals surface area contributed by atoms with E-state index in [1.807, 2.05) is 6.92 Å². The molecule has 0 aliphatic carbocycles. The predicted molar refractivity (Wildman–Crippen MR) is 109 cm³/mol. The molecule has 10 heteroatoms. The van der Waals surface area contributed by atoms with Crippen LogP contribution in [0, 0.1) is 0 Å². The summed E-state index contributed by atoms with van der Waals surface area (Å²) in [5, 5.41) is 19.2. The molecule has 7 nitrogen and oxygen atoms in total. The van der Waals surface area contributed by atoms with Crippen LogP contribution < -0.4 is 19.8 Å². The van der Waals surface area contributed by atoms with Gasteiger partial charge >= 0.3 is 0 Å². The normalized spacial score (nSPS) is 11.9. The molecule has 1 heterocycles. The summed E-state index contributed by atoms with van der Waals surface area (Å²) in [6.45, 7) is 1.84. The zero-order chi connectivity index (χ0) is 21.0. The first kappa shape index (κ1) is 21.3. The van der Waals surface area contributed by atoms with Crippen molar-refractivity contribution in [2.45, 2.75) is 23.6 Å². The highest BCUT2D eigenvalue weighted by Gasteiger charge is 2.28. The highest BCUT2D eigenvalue weighted by Crippen LogP contribution is 2.31. The molecule has 0 bridgehead atoms. The Kier molecular flexibility index (Phi) is 6.89. The maximum absolute atomic E-state index is 12.8. The molecule has 1 unspecified atom stereocenters. The van der Waals surface area contributed by atoms with Crippen LogP contribution in [0.2, 0.25) is 10.0 Å². The zero-order valence-electron chi connectivity index (χ0n) is 15.5. The van der Waals surface area contributed by atoms with Crippen LogP contribution in [0.5, 0.6) is 11.7 Å². The topological polar surface area (TPSA) is 91.3 Å². The smallest absolute Gasteiger partial charge is 0.298 e. The molecule has 0 saturated heterocycles. The molecule has 152 valence electrons. The van der Waals surface area contributed by atoms with Gasteiger partial charge in [0.15, 0.2) is 5.95 Å². The molecule has 3 rings (SSSR count). The van der Waals surface area contributed by atoms with E-state index < -0.39 is 11.2 Å². The number of amides is 1. The summed E-state index contributed by atoms with van der Waals surface area (Å²) in [5.74, 6) is -0.278. The van der Waals surface area contributed by atoms with E-state index >= 15 is 0 Å². The first-order valence-electron chi connectivity index (χ1n) is 8.59. The number of benzene rings is 2. The summed E-state index contributed by atoms with van der Waals surface area (Å²) in [4.78, 5) is 12.8. The van der Waals surface area contributed by atoms with Crippen molar-refractivity contribution in [2.75, 3.05) is 12.4 Å². The monoisotopic (exact) mass is 453 g/mol. The van der Waals surface area contributed by atoms with Gasteiger partial charge in [-0.3, -0.25) is 4.79 Å². The van der Waals surface area contributed by atoms with Crippen LogP contribution in [0.1, 0.15) is 13.3 Å². The Balaban J connectivity index is 1.82. The first-order valence-corrected chi connectivity index (χ1v) is 10.2. The Morgan fingerprint density at radius 2 is 2.03 bits per heavy atom. The number of hydrogen-bond donors (Lipinski definition) is 1. The Bertz CT molecular complexity index is 1010. The number of nitrogens with zero attached hydrogens (tertiary/aromatic N) is 2. The summed E-state index contributed by atoms with van der Waals surface area (Å²) >= 11 is 13.2. The number of carbonyl (C=O) groups is 1. The van der Waals surface area contributed by atoms with Crippen molar-refractivity contribution in [1.82, 2.24) is 5.27 Å². The van der Waals surface area contributed by atoms with Crippen molar-refractivity contribution in [1.29, 1.82) is 0 Å². The Morgan fingerprint density at radius 3 is 2.69 bits per heavy atom. The quantitative estimate of drug-likeness (QED) is 0.431. The highest BCUT2D eigenvalue weighted by atomic mass is 35.5. The van der Waals surface area contributed by atoms with Crippen molar-refractivity contribution >= 4 is 46.6 Å². The summed E-state index contributed by atoms with van der Waals surface area (Å²) < 4.78 is 11.3. The van der Waals surface area contributed by atoms with E-state index in [2.05, 4.69) is 10.6 Å². The minimum atomic E-state index is -0.627. The third-order valence-electron chi connectivity index (χ3n) is 3.99. The molecule has 0 radical (unpaired) electrons. The van der Waals surface area contributed by atoms with Gasteiger partial charge in [0.1, 0.15) is 5.75 Å². The van der Waals surface area contributed by atoms with E-state index in [9.17, 15) is 9.90 Å². The molecule has 1 aromatic heterocycles. The lowest BCUT2D eigenvalue weighted by atomic mass is 10.2. The van der Waals surface area contributed by atoms with E-state index in [0.717, 1.165) is 11.8 Å². The van der Waals surface area contributed by atoms with Gasteiger partial charge < -0.3 is 19.7 Å². The van der Waals surface area contributed by atoms with Crippen LogP contribution in [0.15, 0.2) is 52.0 Å². The van der Waals surface area contributed by atoms with Crippen LogP contribution in [-0.4, -0.2) is 23.5 Å². The third kappa shape index (κ3) is 4.95. The fourth-order valence-electron chi connectivity index (χ4n) is 2.49. The number of ether oxygens (including phenoxy) is 1. The molecule has 2 aromatic carbocycles. The van der Waals surface area contributed by atoms with E-state index in [4.69, 9.17) is 32.5 Å². The van der Waals surface area contributed by atoms with Crippen LogP contribution in [0.4, 0.5) is 5.69 Å². The molecule has 0 aliphatic rings. The van der Waals surface area contributed by atoms with Crippen molar-refractivity contribution in [2.24, 2.45) is 0 Å². The van der Waals surface area contributed by atoms with Gasteiger partial charge in [0, 0.05) is 17.2 Å². The summed E-state index contributed by atoms with van der Waals surface area (Å²) in [6.07, 6.45) is 0.460. The van der Waals surface area contributed by atoms with Crippen molar-refractivity contribution in [3.63, 3.8) is 0 Å². The second-order valence-electron chi connectivity index (χ2n) is 5.90. The number of aromatic nitrogens is 2. The lowest BCUT2D eigenvalue weighted by molar-refractivity contribution is -0.705. The largest absolute Gasteiger partial charge is 0.538 e. The lowest BCUT2D eigenvalue weighted by Gasteiger charge is -2.14. The van der Waals surface area contributed by atoms with Crippen molar-refractivity contribution in [3.05, 3.63) is 52.5 Å². The molecule has 0 spiro atoms. The van der Waals surface area contributed by atoms with E-state index in [1.54, 1.807) is 49.6 Å². The number of rotatable bonds is 7. The van der Waals surface area contributed by atoms with Gasteiger partial charge in [-0.2, -0.15) is 0 Å². The summed E-state index contributed by atoms with van der Waals surface area (Å²) in [7, 11) is 1.56. The minimum absolute atomic E-state index is 0.189. The molecule has 1 N–H and O–H groups in total. The Hall–Kier alpha value is -2.42. The van der Waals surface area contributed by atoms with Crippen LogP contribution >= 0.6 is 35.0 Å². The number of anilines is 1. The molecular formula is C19H17Cl2N3O4S. The van der Waals surface area contributed by atoms with Crippen LogP contribution in [0.25, 0.3) is 5.69 Å². The molecule has 1 atom stereocenters. The molecular weight excluding hydrogens is 437 g/mol. The summed E-state index contributed by atoms with van der Waals surface area (Å²) in [6, 6.07) is 11.7. The van der Waals surface area contributed by atoms with Gasteiger partial charge in [0.25, 0.3) is 5.03 Å². The van der Waals surface area contributed by atoms with E-state index in [-0.39, 0.29) is 10.9 Å². The maximum atomic E-state index is 12.8. The molecule has 0 fully saturated rings. The fraction of sp³-hybridized carbons (Fsp3) is 0.211. The van der Waals surface area contributed by atoms with Gasteiger partial charge in [-0.15, -0.1) is 0 Å². The molecule has 3 aromatic rings. The van der Waals surface area contributed by atoms with Crippen molar-refractivity contribution in [3.8, 4) is 17.4 Å². The van der Waals surface area contributed by atoms with Gasteiger partial charge in [0.05, 0.1) is 28.3 Å². The average Bonchev–Trinajstić information content (AvgIpc) is 3.09. The third-order valence-corrected chi connectivity index (χ3v) is 5.95. The number of hydrogen-bond acceptors (Lipinski definition) is 6. The Morgan fingerprint density at radius 1 is 1.31 bits per heavy atom. The van der Waals surface area contributed by atoms with Gasteiger partial charge in [0.2, 0.25) is 11.6 Å². The van der Waals surface area contributed by atoms with E-state index in [1.165, 1.54) is 4.68 Å². The minimum Gasteiger partial charge on any atom is -0.538 e. The molecule has 29 heavy (non-hydrogen) atoms. The van der Waals surface area contributed by atoms with Gasteiger partial charge in [-0.1, -0.05) is 30.1 Å². The molecule has 0 aliphatic heterocycles. The number of carbonyl (C=O) groups excluding carboxylic acids is 1. The van der Waals surface area contributed by atoms with Crippen LogP contribution in [0.3, 0.4) is 0 Å². The van der Waals surface area contributed by atoms with Crippen LogP contribution in [-0.2, 0) is 4.79 Å². The number of thioether (sulfide) groups is 1. The second-order valence-corrected chi connectivity index (χ2v) is 7.94. The van der Waals surface area contributed by atoms with E-state index in [0.29, 0.717) is 33.6 Å². The maximum Gasteiger partial charge on any atom is 0.298 e. The van der Waals surface area contributed by atoms with Gasteiger partial charge in [-0.25, -0.2) is 0 Å². The molecule has 1 amide bonds. The second kappa shape index (κ2) is 9.39. The lowest BCUT2D eigenvalue weighted by Crippen LogP contribution is -2.36. The highest BCUT2D eigenvalue weighted by molar-refractivity contribution is 8.00. The average molecular weight is 454 g/mol. The predicted octanol–water partition coefficient (Wildman–Crippen LogP) is 3.85. The Labute approximate surface area is 181 Å². The SMILES string of the molecule is CCC(Sc1c([O-])on[n+]1-c1ccc(OC)cc1)C(=O)Nc1cc(Cl)ccc1Cl. The first-order chi connectivity index (χ1) is 13.9. The number of methoxy groups -OCH3 is 1. The van der Waals surface area contributed by atoms with Gasteiger partial charge in [-0.05, 0) is 53.2 Å².